The number of rotatable bonds is 33. The summed E-state index contributed by atoms with van der Waals surface area (Å²) in [5, 5.41) is 37.0. The Morgan fingerprint density at radius 3 is 1.65 bits per heavy atom. The number of carbonyl (C=O) groups excluding carboxylic acids is 8. The van der Waals surface area contributed by atoms with Gasteiger partial charge in [0.1, 0.15) is 42.0 Å². The molecule has 7 atom stereocenters. The summed E-state index contributed by atoms with van der Waals surface area (Å²) in [4.78, 5) is 135. The van der Waals surface area contributed by atoms with Crippen LogP contribution >= 0.6 is 23.5 Å². The van der Waals surface area contributed by atoms with E-state index in [0.29, 0.717) is 33.3 Å². The topological polar surface area (TPSA) is 427 Å². The van der Waals surface area contributed by atoms with Gasteiger partial charge in [0.2, 0.25) is 47.3 Å². The Bertz CT molecular complexity index is 2880. The summed E-state index contributed by atoms with van der Waals surface area (Å²) in [6, 6.07) is 10.2. The number of aliphatic carboxylic acids is 2. The highest BCUT2D eigenvalue weighted by Crippen LogP contribution is 2.20. The normalized spacial score (nSPS) is 13.9. The molecule has 29 heteroatoms. The van der Waals surface area contributed by atoms with E-state index in [-0.39, 0.29) is 43.6 Å². The number of amides is 8. The van der Waals surface area contributed by atoms with Crippen molar-refractivity contribution in [2.45, 2.75) is 87.2 Å². The molecule has 0 aliphatic carbocycles. The third kappa shape index (κ3) is 21.4. The van der Waals surface area contributed by atoms with Gasteiger partial charge in [-0.25, -0.2) is 0 Å². The lowest BCUT2D eigenvalue weighted by atomic mass is 10.0. The average Bonchev–Trinajstić information content (AvgIpc) is 3.80. The third-order valence-electron chi connectivity index (χ3n) is 11.5. The number of aromatic nitrogens is 1. The van der Waals surface area contributed by atoms with Crippen LogP contribution in [0.1, 0.15) is 42.4 Å². The van der Waals surface area contributed by atoms with Crippen molar-refractivity contribution in [3.8, 4) is 5.75 Å². The summed E-state index contributed by atoms with van der Waals surface area (Å²) >= 11 is 2.61. The fourth-order valence-electron chi connectivity index (χ4n) is 7.63. The second kappa shape index (κ2) is 30.9. The smallest absolute Gasteiger partial charge is 0.446 e. The van der Waals surface area contributed by atoms with Crippen molar-refractivity contribution in [2.24, 2.45) is 11.5 Å². The predicted octanol–water partition coefficient (Wildman–Crippen LogP) is -1.33. The molecule has 8 amide bonds. The van der Waals surface area contributed by atoms with Gasteiger partial charge in [-0.2, -0.15) is 31.9 Å². The predicted molar refractivity (Wildman–Crippen MR) is 287 cm³/mol. The first-order valence-corrected chi connectivity index (χ1v) is 28.0. The van der Waals surface area contributed by atoms with E-state index in [1.807, 2.05) is 0 Å². The highest BCUT2D eigenvalue weighted by Gasteiger charge is 2.34. The quantitative estimate of drug-likeness (QED) is 0.0246. The number of aromatic amines is 1. The highest BCUT2D eigenvalue weighted by molar-refractivity contribution is 7.98. The fourth-order valence-corrected chi connectivity index (χ4v) is 8.92. The zero-order chi connectivity index (χ0) is 57.5. The number of hydrogen-bond donors (Lipinski definition) is 13. The zero-order valence-electron chi connectivity index (χ0n) is 42.2. The molecule has 422 valence electrons. The van der Waals surface area contributed by atoms with E-state index in [0.717, 1.165) is 12.1 Å². The minimum atomic E-state index is -4.87. The summed E-state index contributed by atoms with van der Waals surface area (Å²) in [7, 11) is -4.87. The van der Waals surface area contributed by atoms with Crippen LogP contribution in [-0.2, 0) is 77.6 Å². The van der Waals surface area contributed by atoms with E-state index >= 15 is 0 Å². The molecule has 0 aliphatic rings. The van der Waals surface area contributed by atoms with E-state index in [1.54, 1.807) is 73.3 Å². The van der Waals surface area contributed by atoms with E-state index in [4.69, 9.17) is 16.0 Å². The number of thioether (sulfide) groups is 2. The Kier molecular flexibility index (Phi) is 24.9. The number of carboxylic acids is 2. The lowest BCUT2D eigenvalue weighted by molar-refractivity contribution is -0.141. The minimum Gasteiger partial charge on any atom is -0.481 e. The summed E-state index contributed by atoms with van der Waals surface area (Å²) in [5.41, 5.74) is 13.5. The van der Waals surface area contributed by atoms with Crippen molar-refractivity contribution in [3.05, 3.63) is 102 Å². The maximum absolute atomic E-state index is 14.3. The van der Waals surface area contributed by atoms with E-state index < -0.39 is 131 Å². The number of carboxylic acid groups (broad SMARTS) is 2. The number of fused-ring (bicyclic) bond motifs is 1. The van der Waals surface area contributed by atoms with E-state index in [9.17, 15) is 66.6 Å². The molecule has 0 unspecified atom stereocenters. The van der Waals surface area contributed by atoms with Crippen LogP contribution in [0, 0.1) is 0 Å². The molecule has 0 radical (unpaired) electrons. The summed E-state index contributed by atoms with van der Waals surface area (Å²) < 4.78 is 35.8. The fraction of sp³-hybridized carbons (Fsp3) is 0.388. The summed E-state index contributed by atoms with van der Waals surface area (Å²) in [5.74, 6) is -10.2. The van der Waals surface area contributed by atoms with Crippen molar-refractivity contribution in [2.75, 3.05) is 30.6 Å². The number of carbonyl (C=O) groups is 10. The molecule has 1 heterocycles. The van der Waals surface area contributed by atoms with Crippen LogP contribution in [0.15, 0.2) is 85.1 Å². The van der Waals surface area contributed by atoms with Crippen molar-refractivity contribution >= 4 is 104 Å². The Hall–Kier alpha value is -7.73. The molecule has 78 heavy (non-hydrogen) atoms. The first kappa shape index (κ1) is 62.8. The largest absolute Gasteiger partial charge is 0.481 e. The second-order valence-corrected chi connectivity index (χ2v) is 20.5. The maximum Gasteiger partial charge on any atom is 0.446 e. The molecule has 0 aliphatic heterocycles. The number of para-hydroxylation sites is 1. The van der Waals surface area contributed by atoms with Crippen LogP contribution in [0.25, 0.3) is 10.9 Å². The molecule has 15 N–H and O–H groups in total. The summed E-state index contributed by atoms with van der Waals surface area (Å²) in [6.45, 7) is -0.761. The summed E-state index contributed by atoms with van der Waals surface area (Å²) in [6.07, 6.45) is 2.78. The van der Waals surface area contributed by atoms with Gasteiger partial charge in [0, 0.05) is 36.4 Å². The number of nitrogens with two attached hydrogens (primary N) is 2. The van der Waals surface area contributed by atoms with Crippen molar-refractivity contribution in [3.63, 3.8) is 0 Å². The molecule has 0 bridgehead atoms. The van der Waals surface area contributed by atoms with Crippen molar-refractivity contribution < 1.29 is 75.3 Å². The van der Waals surface area contributed by atoms with Gasteiger partial charge in [-0.15, -0.1) is 0 Å². The van der Waals surface area contributed by atoms with Crippen LogP contribution in [0.3, 0.4) is 0 Å². The molecule has 26 nitrogen and oxygen atoms in total. The van der Waals surface area contributed by atoms with Crippen molar-refractivity contribution in [1.82, 2.24) is 42.2 Å². The maximum atomic E-state index is 14.3. The number of H-pyrrole nitrogens is 1. The molecular weight excluding hydrogens is 1080 g/mol. The average molecular weight is 1140 g/mol. The molecule has 1 aromatic heterocycles. The molecule has 0 spiro atoms. The Labute approximate surface area is 456 Å². The molecule has 0 fully saturated rings. The van der Waals surface area contributed by atoms with Gasteiger partial charge in [-0.1, -0.05) is 60.7 Å². The number of nitrogens with one attached hydrogen (secondary N) is 8. The first-order chi connectivity index (χ1) is 37.0. The van der Waals surface area contributed by atoms with Crippen LogP contribution in [0.2, 0.25) is 0 Å². The van der Waals surface area contributed by atoms with Crippen LogP contribution in [0.5, 0.6) is 5.75 Å². The third-order valence-corrected chi connectivity index (χ3v) is 13.2. The van der Waals surface area contributed by atoms with Gasteiger partial charge >= 0.3 is 22.3 Å². The minimum absolute atomic E-state index is 0.0132. The van der Waals surface area contributed by atoms with Gasteiger partial charge in [-0.3, -0.25) is 52.5 Å². The molecule has 0 saturated heterocycles. The van der Waals surface area contributed by atoms with Crippen molar-refractivity contribution in [1.29, 1.82) is 0 Å². The second-order valence-electron chi connectivity index (χ2n) is 17.5. The number of benzene rings is 3. The van der Waals surface area contributed by atoms with Gasteiger partial charge in [0.25, 0.3) is 0 Å². The van der Waals surface area contributed by atoms with Gasteiger partial charge in [0.15, 0.2) is 0 Å². The zero-order valence-corrected chi connectivity index (χ0v) is 44.7. The van der Waals surface area contributed by atoms with E-state index in [2.05, 4.69) is 46.4 Å². The molecule has 4 rings (SSSR count). The first-order valence-electron chi connectivity index (χ1n) is 23.9. The number of primary amides is 1. The molecular formula is C49H62N10O16S3. The Morgan fingerprint density at radius 2 is 1.08 bits per heavy atom. The van der Waals surface area contributed by atoms with Crippen LogP contribution < -0.4 is 52.9 Å². The van der Waals surface area contributed by atoms with E-state index in [1.165, 1.54) is 35.7 Å². The molecule has 0 saturated carbocycles. The molecule has 3 aromatic carbocycles. The van der Waals surface area contributed by atoms with Gasteiger partial charge < -0.3 is 68.1 Å². The lowest BCUT2D eigenvalue weighted by Gasteiger charge is -2.26. The molecule has 4 aromatic rings. The Balaban J connectivity index is 1.54. The monoisotopic (exact) mass is 1140 g/mol. The lowest BCUT2D eigenvalue weighted by Crippen LogP contribution is -2.59. The highest BCUT2D eigenvalue weighted by atomic mass is 32.3. The van der Waals surface area contributed by atoms with Crippen LogP contribution in [0.4, 0.5) is 0 Å². The SMILES string of the molecule is CSCC[C@H](NC(=O)[C@H](Cc1ccc(OS(=O)(=O)O)cc1)NC(=O)[C@H](N)CC(=O)O)C(=O)NCC(=O)N[C@@H](Cc1c[nH]c2ccccc12)C(=O)N[C@@H](CCSC)C(=O)N[C@@H](CC(=O)O)C(=O)N[C@@H](Cc1ccccc1)C(N)=O. The standard InChI is InChI=1S/C49H62N10O16S3/c1-76-18-16-34(55-47(69)37(58-44(66)32(50)23-41(61)62)21-28-12-14-30(15-13-28)75-78(72,73)74)45(67)53-26-40(60)54-38(22-29-25-52-33-11-7-6-10-31(29)33)48(70)56-35(17-19-77-2)46(68)59-39(24-42(63)64)49(71)57-36(43(51)65)20-27-8-4-3-5-9-27/h3-15,25,32,34-39,52H,16-24,26,50H2,1-2H3,(H2,51,65)(H,53,67)(H,54,60)(H,55,69)(H,56,70)(H,57,71)(H,58,66)(H,59,68)(H,61,62)(H,63,64)(H,72,73,74)/t32-,34+,35+,36+,37+,38+,39+/m1/s1. The number of hydrogen-bond acceptors (Lipinski definition) is 16. The van der Waals surface area contributed by atoms with Gasteiger partial charge in [-0.05, 0) is 71.7 Å². The van der Waals surface area contributed by atoms with Gasteiger partial charge in [0.05, 0.1) is 25.4 Å². The van der Waals surface area contributed by atoms with Crippen LogP contribution in [-0.4, -0.2) is 160 Å². The Morgan fingerprint density at radius 1 is 0.590 bits per heavy atom.